The minimum absolute atomic E-state index is 1.25. The molecule has 17 heavy (non-hydrogen) atoms. The van der Waals surface area contributed by atoms with Crippen molar-refractivity contribution in [2.45, 2.75) is 59.3 Å². The predicted octanol–water partition coefficient (Wildman–Crippen LogP) is 5.57. The van der Waals surface area contributed by atoms with Gasteiger partial charge in [-0.05, 0) is 0 Å². The maximum absolute atomic E-state index is 7.33. The summed E-state index contributed by atoms with van der Waals surface area (Å²) in [7, 11) is 4.43. The first-order valence-corrected chi connectivity index (χ1v) is 11.0. The normalized spacial score (nSPS) is 14.9. The third kappa shape index (κ3) is 5.05. The zero-order chi connectivity index (χ0) is 13.4. The number of hydrogen-bond acceptors (Lipinski definition) is 1. The van der Waals surface area contributed by atoms with Crippen molar-refractivity contribution >= 4 is 17.3 Å². The molecule has 0 unspecified atom stereocenters. The summed E-state index contributed by atoms with van der Waals surface area (Å²) in [5, 5.41) is 0. The van der Waals surface area contributed by atoms with Gasteiger partial charge in [-0.2, -0.15) is 0 Å². The van der Waals surface area contributed by atoms with Crippen LogP contribution in [0.2, 0.25) is 0 Å². The molecular weight excluding hydrogens is 249 g/mol. The fourth-order valence-corrected chi connectivity index (χ4v) is 8.49. The maximum atomic E-state index is 7.33. The average Bonchev–Trinajstić information content (AvgIpc) is 2.32. The summed E-state index contributed by atoms with van der Waals surface area (Å²) in [4.78, 5) is 0. The van der Waals surface area contributed by atoms with Crippen LogP contribution in [0.25, 0.3) is 0 Å². The van der Waals surface area contributed by atoms with Gasteiger partial charge in [0.25, 0.3) is 0 Å². The van der Waals surface area contributed by atoms with Crippen LogP contribution in [0.3, 0.4) is 0 Å². The van der Waals surface area contributed by atoms with Gasteiger partial charge in [0, 0.05) is 0 Å². The van der Waals surface area contributed by atoms with Crippen LogP contribution in [0.5, 0.6) is 0 Å². The van der Waals surface area contributed by atoms with E-state index in [1.807, 2.05) is 0 Å². The second-order valence-corrected chi connectivity index (χ2v) is 13.4. The summed E-state index contributed by atoms with van der Waals surface area (Å²) in [6, 6.07) is 0. The van der Waals surface area contributed by atoms with Gasteiger partial charge < -0.3 is 0 Å². The van der Waals surface area contributed by atoms with Crippen molar-refractivity contribution in [3.05, 3.63) is 0 Å². The molecule has 106 valence electrons. The van der Waals surface area contributed by atoms with Crippen LogP contribution in [0, 0.1) is 0 Å². The predicted molar refractivity (Wildman–Crippen MR) is 85.8 cm³/mol. The van der Waals surface area contributed by atoms with Crippen LogP contribution in [0.4, 0.5) is 0 Å². The zero-order valence-electron chi connectivity index (χ0n) is 12.6. The van der Waals surface area contributed by atoms with E-state index in [1.54, 1.807) is 0 Å². The number of halogens is 1. The van der Waals surface area contributed by atoms with Crippen molar-refractivity contribution in [2.75, 3.05) is 32.6 Å². The van der Waals surface area contributed by atoms with E-state index >= 15 is 0 Å². The summed E-state index contributed by atoms with van der Waals surface area (Å²) in [5.74, 6) is 0. The Morgan fingerprint density at radius 2 is 1.06 bits per heavy atom. The summed E-state index contributed by atoms with van der Waals surface area (Å²) in [6.45, 7) is 6.81. The fourth-order valence-electron chi connectivity index (χ4n) is 2.47. The Labute approximate surface area is 114 Å². The molecule has 3 heteroatoms. The van der Waals surface area contributed by atoms with Gasteiger partial charge in [0.05, 0.1) is 0 Å². The molecule has 0 aliphatic carbocycles. The number of unbranched alkanes of at least 4 members (excludes halogenated alkanes) is 3. The van der Waals surface area contributed by atoms with E-state index < -0.39 is 6.11 Å². The molecule has 0 atom stereocenters. The molecule has 0 saturated heterocycles. The van der Waals surface area contributed by atoms with Crippen molar-refractivity contribution in [1.29, 1.82) is 0 Å². The van der Waals surface area contributed by atoms with Gasteiger partial charge in [0.1, 0.15) is 0 Å². The molecule has 0 aromatic heterocycles. The Hall–Kier alpha value is 0.680. The topological polar surface area (TPSA) is 3.24 Å². The Bertz CT molecular complexity index is 182. The van der Waals surface area contributed by atoms with Crippen molar-refractivity contribution in [1.82, 2.24) is 4.67 Å². The molecule has 0 radical (unpaired) electrons. The van der Waals surface area contributed by atoms with Crippen LogP contribution in [0.15, 0.2) is 0 Å². The molecule has 0 aliphatic rings. The summed E-state index contributed by atoms with van der Waals surface area (Å²) in [5.41, 5.74) is 0. The molecule has 0 bridgehead atoms. The van der Waals surface area contributed by atoms with Gasteiger partial charge in [0.15, 0.2) is 0 Å². The van der Waals surface area contributed by atoms with E-state index in [-0.39, 0.29) is 0 Å². The second-order valence-electron chi connectivity index (χ2n) is 5.61. The molecule has 0 saturated carbocycles. The van der Waals surface area contributed by atoms with Gasteiger partial charge >= 0.3 is 114 Å². The standard InChI is InChI=1S/C14H33ClNP/c1-6-9-12-17(15,16(4)5,13-10-7-2)14-11-8-3/h6-14H2,1-5H3. The molecule has 0 heterocycles. The number of rotatable bonds is 10. The molecule has 0 amide bonds. The molecule has 0 fully saturated rings. The van der Waals surface area contributed by atoms with Crippen LogP contribution in [-0.4, -0.2) is 37.3 Å². The van der Waals surface area contributed by atoms with E-state index in [2.05, 4.69) is 39.5 Å². The minimum atomic E-state index is -2.11. The first kappa shape index (κ1) is 17.7. The summed E-state index contributed by atoms with van der Waals surface area (Å²) >= 11 is 7.33. The van der Waals surface area contributed by atoms with Crippen molar-refractivity contribution in [2.24, 2.45) is 0 Å². The van der Waals surface area contributed by atoms with E-state index in [9.17, 15) is 0 Å². The second kappa shape index (κ2) is 7.97. The molecular formula is C14H33ClNP. The van der Waals surface area contributed by atoms with Gasteiger partial charge in [-0.15, -0.1) is 0 Å². The van der Waals surface area contributed by atoms with Crippen LogP contribution >= 0.6 is 17.3 Å². The molecule has 0 aliphatic heterocycles. The molecule has 0 rings (SSSR count). The first-order chi connectivity index (χ1) is 7.93. The van der Waals surface area contributed by atoms with E-state index in [4.69, 9.17) is 11.2 Å². The average molecular weight is 282 g/mol. The SMILES string of the molecule is CCCCP(Cl)(CCCC)(CCCC)N(C)C. The third-order valence-electron chi connectivity index (χ3n) is 4.04. The summed E-state index contributed by atoms with van der Waals surface area (Å²) < 4.78 is 2.42. The van der Waals surface area contributed by atoms with Crippen molar-refractivity contribution in [3.8, 4) is 0 Å². The molecule has 0 aromatic rings. The van der Waals surface area contributed by atoms with E-state index in [0.717, 1.165) is 0 Å². The Kier molecular flexibility index (Phi) is 8.29. The van der Waals surface area contributed by atoms with Gasteiger partial charge in [0.2, 0.25) is 0 Å². The van der Waals surface area contributed by atoms with Crippen molar-refractivity contribution in [3.63, 3.8) is 0 Å². The zero-order valence-corrected chi connectivity index (χ0v) is 14.3. The van der Waals surface area contributed by atoms with Crippen LogP contribution < -0.4 is 0 Å². The van der Waals surface area contributed by atoms with Crippen molar-refractivity contribution < 1.29 is 0 Å². The molecule has 0 aromatic carbocycles. The van der Waals surface area contributed by atoms with E-state index in [1.165, 1.54) is 57.0 Å². The molecule has 0 spiro atoms. The summed E-state index contributed by atoms with van der Waals surface area (Å²) in [6.07, 6.45) is 9.26. The number of hydrogen-bond donors (Lipinski definition) is 0. The fraction of sp³-hybridized carbons (Fsp3) is 1.00. The third-order valence-corrected chi connectivity index (χ3v) is 12.4. The Morgan fingerprint density at radius 3 is 1.24 bits per heavy atom. The van der Waals surface area contributed by atoms with Gasteiger partial charge in [-0.25, -0.2) is 0 Å². The quantitative estimate of drug-likeness (QED) is 0.473. The Balaban J connectivity index is 4.91. The monoisotopic (exact) mass is 281 g/mol. The van der Waals surface area contributed by atoms with E-state index in [0.29, 0.717) is 0 Å². The Morgan fingerprint density at radius 1 is 0.765 bits per heavy atom. The van der Waals surface area contributed by atoms with Gasteiger partial charge in [-0.1, -0.05) is 0 Å². The van der Waals surface area contributed by atoms with Crippen LogP contribution in [-0.2, 0) is 0 Å². The molecule has 1 nitrogen and oxygen atoms in total. The first-order valence-electron chi connectivity index (χ1n) is 7.33. The van der Waals surface area contributed by atoms with Crippen LogP contribution in [0.1, 0.15) is 59.3 Å². The number of nitrogens with zero attached hydrogens (tertiary/aromatic N) is 1. The van der Waals surface area contributed by atoms with Gasteiger partial charge in [-0.3, -0.25) is 0 Å². The molecule has 0 N–H and O–H groups in total.